The molecular weight excluding hydrogens is 288 g/mol. The molecule has 0 spiro atoms. The van der Waals surface area contributed by atoms with Gasteiger partial charge in [0, 0.05) is 20.7 Å². The Morgan fingerprint density at radius 2 is 2.31 bits per heavy atom. The van der Waals surface area contributed by atoms with Crippen molar-refractivity contribution in [3.8, 4) is 0 Å². The largest absolute Gasteiger partial charge is 0.466 e. The quantitative estimate of drug-likeness (QED) is 0.482. The number of hydrogen-bond acceptors (Lipinski definition) is 3. The van der Waals surface area contributed by atoms with Gasteiger partial charge in [-0.25, -0.2) is 4.79 Å². The van der Waals surface area contributed by atoms with Gasteiger partial charge >= 0.3 is 5.97 Å². The molecule has 0 atom stereocenters. The molecule has 16 heavy (non-hydrogen) atoms. The van der Waals surface area contributed by atoms with Gasteiger partial charge in [-0.05, 0) is 25.1 Å². The molecule has 0 saturated carbocycles. The first-order chi connectivity index (χ1) is 7.63. The summed E-state index contributed by atoms with van der Waals surface area (Å²) in [5.41, 5.74) is 0.644. The average Bonchev–Trinajstić information content (AvgIpc) is 2.28. The Balaban J connectivity index is 2.50. The maximum atomic E-state index is 11.1. The van der Waals surface area contributed by atoms with Crippen LogP contribution in [0.1, 0.15) is 6.92 Å². The Morgan fingerprint density at radius 3 is 2.94 bits per heavy atom. The number of rotatable bonds is 4. The molecule has 4 heteroatoms. The Kier molecular flexibility index (Phi) is 5.63. The van der Waals surface area contributed by atoms with Crippen LogP contribution in [0.5, 0.6) is 0 Å². The SMILES string of the molecule is COC(=O)C(C)=CCSc1cccc(Br)c1. The zero-order chi connectivity index (χ0) is 12.0. The molecule has 2 nitrogen and oxygen atoms in total. The van der Waals surface area contributed by atoms with Gasteiger partial charge in [-0.3, -0.25) is 0 Å². The second-order valence-corrected chi connectivity index (χ2v) is 5.16. The molecule has 0 aliphatic heterocycles. The smallest absolute Gasteiger partial charge is 0.333 e. The van der Waals surface area contributed by atoms with Gasteiger partial charge in [0.1, 0.15) is 0 Å². The number of thioether (sulfide) groups is 1. The fourth-order valence-electron chi connectivity index (χ4n) is 1.06. The highest BCUT2D eigenvalue weighted by molar-refractivity contribution is 9.10. The number of carbonyl (C=O) groups excluding carboxylic acids is 1. The molecule has 0 aliphatic carbocycles. The fourth-order valence-corrected chi connectivity index (χ4v) is 2.53. The Labute approximate surface area is 108 Å². The van der Waals surface area contributed by atoms with Crippen molar-refractivity contribution in [1.82, 2.24) is 0 Å². The van der Waals surface area contributed by atoms with Gasteiger partial charge in [0.2, 0.25) is 0 Å². The van der Waals surface area contributed by atoms with Crippen molar-refractivity contribution in [1.29, 1.82) is 0 Å². The maximum absolute atomic E-state index is 11.1. The standard InChI is InChI=1S/C12H13BrO2S/c1-9(12(14)15-2)6-7-16-11-5-3-4-10(13)8-11/h3-6,8H,7H2,1-2H3. The van der Waals surface area contributed by atoms with Crippen LogP contribution in [-0.4, -0.2) is 18.8 Å². The van der Waals surface area contributed by atoms with Crippen molar-refractivity contribution in [2.24, 2.45) is 0 Å². The third kappa shape index (κ3) is 4.41. The summed E-state index contributed by atoms with van der Waals surface area (Å²) < 4.78 is 5.67. The first-order valence-electron chi connectivity index (χ1n) is 4.77. The van der Waals surface area contributed by atoms with Crippen LogP contribution < -0.4 is 0 Å². The molecule has 86 valence electrons. The summed E-state index contributed by atoms with van der Waals surface area (Å²) in [6, 6.07) is 8.06. The molecular formula is C12H13BrO2S. The van der Waals surface area contributed by atoms with Crippen LogP contribution in [0.3, 0.4) is 0 Å². The van der Waals surface area contributed by atoms with Crippen molar-refractivity contribution in [3.63, 3.8) is 0 Å². The number of benzene rings is 1. The molecule has 0 heterocycles. The highest BCUT2D eigenvalue weighted by Gasteiger charge is 2.01. The second kappa shape index (κ2) is 6.76. The number of hydrogen-bond donors (Lipinski definition) is 0. The van der Waals surface area contributed by atoms with Crippen LogP contribution in [0.25, 0.3) is 0 Å². The van der Waals surface area contributed by atoms with Gasteiger partial charge in [0.05, 0.1) is 7.11 Å². The number of halogens is 1. The minimum Gasteiger partial charge on any atom is -0.466 e. The van der Waals surface area contributed by atoms with E-state index in [1.54, 1.807) is 18.7 Å². The first kappa shape index (κ1) is 13.3. The van der Waals surface area contributed by atoms with E-state index in [1.807, 2.05) is 30.3 Å². The van der Waals surface area contributed by atoms with Crippen molar-refractivity contribution >= 4 is 33.7 Å². The predicted molar refractivity (Wildman–Crippen MR) is 70.6 cm³/mol. The second-order valence-electron chi connectivity index (χ2n) is 3.15. The lowest BCUT2D eigenvalue weighted by atomic mass is 10.3. The van der Waals surface area contributed by atoms with Crippen molar-refractivity contribution in [2.75, 3.05) is 12.9 Å². The number of esters is 1. The predicted octanol–water partition coefficient (Wildman–Crippen LogP) is 3.66. The minimum atomic E-state index is -0.269. The summed E-state index contributed by atoms with van der Waals surface area (Å²) in [6.07, 6.45) is 1.87. The summed E-state index contributed by atoms with van der Waals surface area (Å²) in [4.78, 5) is 12.3. The summed E-state index contributed by atoms with van der Waals surface area (Å²) in [6.45, 7) is 1.76. The van der Waals surface area contributed by atoms with Crippen LogP contribution >= 0.6 is 27.7 Å². The number of methoxy groups -OCH3 is 1. The van der Waals surface area contributed by atoms with E-state index in [-0.39, 0.29) is 5.97 Å². The molecule has 1 rings (SSSR count). The van der Waals surface area contributed by atoms with E-state index in [2.05, 4.69) is 20.7 Å². The summed E-state index contributed by atoms with van der Waals surface area (Å²) in [7, 11) is 1.39. The Hall–Kier alpha value is -0.740. The molecule has 0 bridgehead atoms. The molecule has 1 aromatic rings. The Bertz CT molecular complexity index is 402. The van der Waals surface area contributed by atoms with Crippen LogP contribution in [0.4, 0.5) is 0 Å². The van der Waals surface area contributed by atoms with Crippen LogP contribution in [0, 0.1) is 0 Å². The Morgan fingerprint density at radius 1 is 1.56 bits per heavy atom. The lowest BCUT2D eigenvalue weighted by Gasteiger charge is -2.00. The molecule has 0 saturated heterocycles. The fraction of sp³-hybridized carbons (Fsp3) is 0.250. The van der Waals surface area contributed by atoms with Gasteiger partial charge in [-0.2, -0.15) is 0 Å². The molecule has 0 aromatic heterocycles. The molecule has 0 fully saturated rings. The van der Waals surface area contributed by atoms with Crippen LogP contribution in [-0.2, 0) is 9.53 Å². The van der Waals surface area contributed by atoms with Gasteiger partial charge < -0.3 is 4.74 Å². The molecule has 0 N–H and O–H groups in total. The van der Waals surface area contributed by atoms with Gasteiger partial charge in [-0.15, -0.1) is 11.8 Å². The van der Waals surface area contributed by atoms with E-state index in [4.69, 9.17) is 0 Å². The third-order valence-corrected chi connectivity index (χ3v) is 3.36. The van der Waals surface area contributed by atoms with Gasteiger partial charge in [0.15, 0.2) is 0 Å². The maximum Gasteiger partial charge on any atom is 0.333 e. The molecule has 0 amide bonds. The lowest BCUT2D eigenvalue weighted by Crippen LogP contribution is -2.01. The lowest BCUT2D eigenvalue weighted by molar-refractivity contribution is -0.136. The zero-order valence-corrected chi connectivity index (χ0v) is 11.6. The first-order valence-corrected chi connectivity index (χ1v) is 6.55. The number of ether oxygens (including phenoxy) is 1. The highest BCUT2D eigenvalue weighted by Crippen LogP contribution is 2.22. The van der Waals surface area contributed by atoms with E-state index in [9.17, 15) is 4.79 Å². The van der Waals surface area contributed by atoms with Crippen LogP contribution in [0.15, 0.2) is 45.3 Å². The summed E-state index contributed by atoms with van der Waals surface area (Å²) in [5, 5.41) is 0. The van der Waals surface area contributed by atoms with E-state index in [1.165, 1.54) is 12.0 Å². The van der Waals surface area contributed by atoms with E-state index in [0.29, 0.717) is 5.57 Å². The molecule has 0 aliphatic rings. The monoisotopic (exact) mass is 300 g/mol. The van der Waals surface area contributed by atoms with Crippen molar-refractivity contribution < 1.29 is 9.53 Å². The highest BCUT2D eigenvalue weighted by atomic mass is 79.9. The molecule has 1 aromatic carbocycles. The van der Waals surface area contributed by atoms with Gasteiger partial charge in [0.25, 0.3) is 0 Å². The van der Waals surface area contributed by atoms with E-state index >= 15 is 0 Å². The minimum absolute atomic E-state index is 0.269. The summed E-state index contributed by atoms with van der Waals surface area (Å²) in [5.74, 6) is 0.493. The topological polar surface area (TPSA) is 26.3 Å². The van der Waals surface area contributed by atoms with Crippen molar-refractivity contribution in [2.45, 2.75) is 11.8 Å². The zero-order valence-electron chi connectivity index (χ0n) is 9.20. The summed E-state index contributed by atoms with van der Waals surface area (Å²) >= 11 is 5.09. The van der Waals surface area contributed by atoms with Gasteiger partial charge in [-0.1, -0.05) is 28.1 Å². The average molecular weight is 301 g/mol. The van der Waals surface area contributed by atoms with E-state index in [0.717, 1.165) is 10.2 Å². The van der Waals surface area contributed by atoms with E-state index < -0.39 is 0 Å². The normalized spacial score (nSPS) is 11.3. The molecule has 0 unspecified atom stereocenters. The number of carbonyl (C=O) groups is 1. The molecule has 0 radical (unpaired) electrons. The third-order valence-electron chi connectivity index (χ3n) is 1.94. The van der Waals surface area contributed by atoms with Crippen molar-refractivity contribution in [3.05, 3.63) is 40.4 Å². The van der Waals surface area contributed by atoms with Crippen LogP contribution in [0.2, 0.25) is 0 Å².